The van der Waals surface area contributed by atoms with Crippen molar-refractivity contribution < 1.29 is 4.79 Å². The third kappa shape index (κ3) is 2.70. The lowest BCUT2D eigenvalue weighted by atomic mass is 10.1. The Morgan fingerprint density at radius 2 is 1.67 bits per heavy atom. The standard InChI is InChI=1S/C9H8O.C2H6/c1-2-8-5-3-4-6-9(8)7-10;1-2/h2-7H,1H2;1-2H3. The van der Waals surface area contributed by atoms with Crippen molar-refractivity contribution in [1.29, 1.82) is 0 Å². The average Bonchev–Trinajstić information content (AvgIpc) is 2.20. The van der Waals surface area contributed by atoms with Crippen LogP contribution in [0, 0.1) is 0 Å². The number of aldehydes is 1. The molecule has 12 heavy (non-hydrogen) atoms. The normalized spacial score (nSPS) is 7.83. The van der Waals surface area contributed by atoms with E-state index in [1.165, 1.54) is 0 Å². The van der Waals surface area contributed by atoms with E-state index in [2.05, 4.69) is 6.58 Å². The van der Waals surface area contributed by atoms with Gasteiger partial charge < -0.3 is 0 Å². The Balaban J connectivity index is 0.000000561. The summed E-state index contributed by atoms with van der Waals surface area (Å²) in [4.78, 5) is 10.3. The minimum absolute atomic E-state index is 0.692. The van der Waals surface area contributed by atoms with E-state index in [0.717, 1.165) is 11.8 Å². The minimum Gasteiger partial charge on any atom is -0.298 e. The van der Waals surface area contributed by atoms with Crippen LogP contribution in [0.4, 0.5) is 0 Å². The van der Waals surface area contributed by atoms with E-state index < -0.39 is 0 Å². The van der Waals surface area contributed by atoms with Crippen molar-refractivity contribution in [3.05, 3.63) is 42.0 Å². The lowest BCUT2D eigenvalue weighted by Gasteiger charge is -1.94. The van der Waals surface area contributed by atoms with Crippen molar-refractivity contribution >= 4 is 12.4 Å². The molecule has 1 nitrogen and oxygen atoms in total. The second-order valence-electron chi connectivity index (χ2n) is 1.95. The van der Waals surface area contributed by atoms with Crippen LogP contribution in [-0.2, 0) is 0 Å². The molecule has 0 radical (unpaired) electrons. The molecule has 0 N–H and O–H groups in total. The van der Waals surface area contributed by atoms with Crippen molar-refractivity contribution in [2.75, 3.05) is 0 Å². The molecule has 1 heteroatoms. The van der Waals surface area contributed by atoms with Crippen LogP contribution in [-0.4, -0.2) is 6.29 Å². The lowest BCUT2D eigenvalue weighted by molar-refractivity contribution is 0.112. The molecule has 0 unspecified atom stereocenters. The van der Waals surface area contributed by atoms with Gasteiger partial charge in [0.05, 0.1) is 0 Å². The van der Waals surface area contributed by atoms with Gasteiger partial charge in [-0.1, -0.05) is 50.8 Å². The highest BCUT2D eigenvalue weighted by Crippen LogP contribution is 2.06. The second-order valence-corrected chi connectivity index (χ2v) is 1.95. The summed E-state index contributed by atoms with van der Waals surface area (Å²) in [5.74, 6) is 0. The number of hydrogen-bond acceptors (Lipinski definition) is 1. The number of carbonyl (C=O) groups is 1. The van der Waals surface area contributed by atoms with E-state index in [4.69, 9.17) is 0 Å². The van der Waals surface area contributed by atoms with Gasteiger partial charge in [0.1, 0.15) is 0 Å². The molecule has 0 fully saturated rings. The van der Waals surface area contributed by atoms with Crippen LogP contribution >= 0.6 is 0 Å². The molecular weight excluding hydrogens is 148 g/mol. The molecule has 0 bridgehead atoms. The van der Waals surface area contributed by atoms with Crippen molar-refractivity contribution in [2.24, 2.45) is 0 Å². The van der Waals surface area contributed by atoms with Gasteiger partial charge in [-0.05, 0) is 5.56 Å². The Bertz CT molecular complexity index is 224. The fourth-order valence-corrected chi connectivity index (χ4v) is 0.804. The van der Waals surface area contributed by atoms with E-state index in [1.54, 1.807) is 12.1 Å². The molecule has 0 aliphatic heterocycles. The molecule has 1 aromatic carbocycles. The fourth-order valence-electron chi connectivity index (χ4n) is 0.804. The monoisotopic (exact) mass is 162 g/mol. The smallest absolute Gasteiger partial charge is 0.150 e. The number of rotatable bonds is 2. The molecule has 1 aromatic rings. The number of carbonyl (C=O) groups excluding carboxylic acids is 1. The lowest BCUT2D eigenvalue weighted by Crippen LogP contribution is -1.82. The predicted octanol–water partition coefficient (Wildman–Crippen LogP) is 3.17. The first-order valence-corrected chi connectivity index (χ1v) is 4.05. The Morgan fingerprint density at radius 1 is 1.17 bits per heavy atom. The second kappa shape index (κ2) is 6.35. The zero-order valence-electron chi connectivity index (χ0n) is 7.58. The summed E-state index contributed by atoms with van der Waals surface area (Å²) in [5, 5.41) is 0. The summed E-state index contributed by atoms with van der Waals surface area (Å²) < 4.78 is 0. The maximum Gasteiger partial charge on any atom is 0.150 e. The maximum atomic E-state index is 10.3. The van der Waals surface area contributed by atoms with Gasteiger partial charge in [-0.25, -0.2) is 0 Å². The van der Waals surface area contributed by atoms with Crippen LogP contribution in [0.25, 0.3) is 6.08 Å². The predicted molar refractivity (Wildman–Crippen MR) is 53.3 cm³/mol. The van der Waals surface area contributed by atoms with E-state index in [9.17, 15) is 4.79 Å². The molecule has 0 aromatic heterocycles. The molecule has 1 rings (SSSR count). The third-order valence-electron chi connectivity index (χ3n) is 1.34. The first-order valence-electron chi connectivity index (χ1n) is 4.05. The fraction of sp³-hybridized carbons (Fsp3) is 0.182. The van der Waals surface area contributed by atoms with Crippen LogP contribution in [0.3, 0.4) is 0 Å². The van der Waals surface area contributed by atoms with Gasteiger partial charge in [0.25, 0.3) is 0 Å². The van der Waals surface area contributed by atoms with Gasteiger partial charge in [-0.2, -0.15) is 0 Å². The molecule has 0 saturated carbocycles. The van der Waals surface area contributed by atoms with Crippen LogP contribution in [0.15, 0.2) is 30.8 Å². The minimum atomic E-state index is 0.692. The Hall–Kier alpha value is -1.37. The number of hydrogen-bond donors (Lipinski definition) is 0. The van der Waals surface area contributed by atoms with Gasteiger partial charge >= 0.3 is 0 Å². The third-order valence-corrected chi connectivity index (χ3v) is 1.34. The van der Waals surface area contributed by atoms with E-state index >= 15 is 0 Å². The van der Waals surface area contributed by atoms with Crippen LogP contribution in [0.5, 0.6) is 0 Å². The van der Waals surface area contributed by atoms with Crippen molar-refractivity contribution in [1.82, 2.24) is 0 Å². The number of benzene rings is 1. The zero-order chi connectivity index (χ0) is 9.40. The van der Waals surface area contributed by atoms with Gasteiger partial charge in [0.2, 0.25) is 0 Å². The highest BCUT2D eigenvalue weighted by molar-refractivity contribution is 5.81. The maximum absolute atomic E-state index is 10.3. The highest BCUT2D eigenvalue weighted by Gasteiger charge is 1.92. The highest BCUT2D eigenvalue weighted by atomic mass is 16.1. The van der Waals surface area contributed by atoms with Gasteiger partial charge in [0, 0.05) is 5.56 Å². The molecule has 0 saturated heterocycles. The zero-order valence-corrected chi connectivity index (χ0v) is 7.58. The molecule has 64 valence electrons. The Kier molecular flexibility index (Phi) is 5.62. The molecule has 0 atom stereocenters. The Labute approximate surface area is 73.7 Å². The summed E-state index contributed by atoms with van der Waals surface area (Å²) in [6.07, 6.45) is 2.50. The molecule has 0 aliphatic rings. The topological polar surface area (TPSA) is 17.1 Å². The van der Waals surface area contributed by atoms with Gasteiger partial charge in [-0.3, -0.25) is 4.79 Å². The first kappa shape index (κ1) is 10.6. The summed E-state index contributed by atoms with van der Waals surface area (Å²) in [6, 6.07) is 7.33. The van der Waals surface area contributed by atoms with Gasteiger partial charge in [0.15, 0.2) is 6.29 Å². The molecule has 0 amide bonds. The van der Waals surface area contributed by atoms with Crippen molar-refractivity contribution in [3.63, 3.8) is 0 Å². The summed E-state index contributed by atoms with van der Waals surface area (Å²) in [6.45, 7) is 7.58. The molecule has 0 aliphatic carbocycles. The van der Waals surface area contributed by atoms with E-state index in [1.807, 2.05) is 32.0 Å². The largest absolute Gasteiger partial charge is 0.298 e. The van der Waals surface area contributed by atoms with E-state index in [0.29, 0.717) is 5.56 Å². The molecule has 0 spiro atoms. The van der Waals surface area contributed by atoms with E-state index in [-0.39, 0.29) is 0 Å². The van der Waals surface area contributed by atoms with Crippen molar-refractivity contribution in [3.8, 4) is 0 Å². The van der Waals surface area contributed by atoms with Crippen LogP contribution in [0.2, 0.25) is 0 Å². The van der Waals surface area contributed by atoms with Crippen LogP contribution < -0.4 is 0 Å². The summed E-state index contributed by atoms with van der Waals surface area (Å²) in [7, 11) is 0. The average molecular weight is 162 g/mol. The molecular formula is C11H14O. The van der Waals surface area contributed by atoms with Crippen molar-refractivity contribution in [2.45, 2.75) is 13.8 Å². The SMILES string of the molecule is C=Cc1ccccc1C=O.CC. The summed E-state index contributed by atoms with van der Waals surface area (Å²) >= 11 is 0. The first-order chi connectivity index (χ1) is 5.88. The quantitative estimate of drug-likeness (QED) is 0.610. The molecule has 0 heterocycles. The van der Waals surface area contributed by atoms with Crippen LogP contribution in [0.1, 0.15) is 29.8 Å². The Morgan fingerprint density at radius 3 is 2.00 bits per heavy atom. The van der Waals surface area contributed by atoms with Gasteiger partial charge in [-0.15, -0.1) is 0 Å². The summed E-state index contributed by atoms with van der Waals surface area (Å²) in [5.41, 5.74) is 1.58.